The van der Waals surface area contributed by atoms with Crippen molar-refractivity contribution in [3.05, 3.63) is 67.8 Å². The third-order valence-corrected chi connectivity index (χ3v) is 4.29. The molecule has 22 heavy (non-hydrogen) atoms. The summed E-state index contributed by atoms with van der Waals surface area (Å²) in [6, 6.07) is 12.4. The molecule has 0 unspecified atom stereocenters. The Morgan fingerprint density at radius 2 is 1.55 bits per heavy atom. The van der Waals surface area contributed by atoms with Gasteiger partial charge in [-0.2, -0.15) is 0 Å². The molecule has 0 aliphatic carbocycles. The van der Waals surface area contributed by atoms with Crippen LogP contribution in [0.3, 0.4) is 0 Å². The molecule has 0 aliphatic rings. The smallest absolute Gasteiger partial charge is 0.296 e. The number of non-ortho nitro benzene ring substituents is 1. The van der Waals surface area contributed by atoms with Crippen LogP contribution < -0.4 is 22.6 Å². The molecule has 0 bridgehead atoms. The molecule has 8 heteroatoms. The summed E-state index contributed by atoms with van der Waals surface area (Å²) in [6.45, 7) is 2.17. The molecule has 0 spiro atoms. The van der Waals surface area contributed by atoms with Crippen molar-refractivity contribution in [2.24, 2.45) is 0 Å². The zero-order chi connectivity index (χ0) is 16.8. The minimum atomic E-state index is -4.52. The first kappa shape index (κ1) is 18.5. The Morgan fingerprint density at radius 1 is 1.05 bits per heavy atom. The Bertz CT molecular complexity index is 727. The van der Waals surface area contributed by atoms with E-state index >= 15 is 0 Å². The number of hydrogen-bond acceptors (Lipinski definition) is 5. The van der Waals surface area contributed by atoms with Gasteiger partial charge in [-0.25, -0.2) is 8.42 Å². The number of nitro groups is 1. The number of rotatable bonds is 3. The van der Waals surface area contributed by atoms with Crippen molar-refractivity contribution in [1.29, 1.82) is 0 Å². The molecule has 0 saturated heterocycles. The van der Waals surface area contributed by atoms with Crippen LogP contribution in [0.1, 0.15) is 12.5 Å². The first-order valence-corrected chi connectivity index (χ1v) is 8.77. The Labute approximate surface area is 142 Å². The molecule has 0 fully saturated rings. The van der Waals surface area contributed by atoms with Gasteiger partial charge in [0.1, 0.15) is 10.1 Å². The van der Waals surface area contributed by atoms with Gasteiger partial charge >= 0.3 is 0 Å². The molecule has 2 aromatic carbocycles. The maximum atomic E-state index is 10.4. The highest BCUT2D eigenvalue weighted by atomic mass is 127. The van der Waals surface area contributed by atoms with Crippen LogP contribution in [0, 0.1) is 13.7 Å². The van der Waals surface area contributed by atoms with Crippen LogP contribution in [0.2, 0.25) is 0 Å². The maximum absolute atomic E-state index is 10.4. The van der Waals surface area contributed by atoms with Gasteiger partial charge in [0, 0.05) is 12.1 Å². The van der Waals surface area contributed by atoms with E-state index in [2.05, 4.69) is 31.2 Å². The summed E-state index contributed by atoms with van der Waals surface area (Å²) in [7, 11) is -4.52. The van der Waals surface area contributed by atoms with Crippen molar-refractivity contribution < 1.29 is 40.5 Å². The van der Waals surface area contributed by atoms with Crippen molar-refractivity contribution in [1.82, 2.24) is 0 Å². The third kappa shape index (κ3) is 6.08. The second-order valence-electron chi connectivity index (χ2n) is 4.20. The molecular weight excluding hydrogens is 421 g/mol. The molecule has 0 atom stereocenters. The summed E-state index contributed by atoms with van der Waals surface area (Å²) >= 11 is 2.04. The monoisotopic (exact) mass is 435 g/mol. The van der Waals surface area contributed by atoms with Crippen LogP contribution in [0.25, 0.3) is 0 Å². The summed E-state index contributed by atoms with van der Waals surface area (Å²) in [4.78, 5) is 8.99. The fourth-order valence-electron chi connectivity index (χ4n) is 1.46. The molecule has 0 aromatic heterocycles. The van der Waals surface area contributed by atoms with Gasteiger partial charge in [0.15, 0.2) is 3.57 Å². The van der Waals surface area contributed by atoms with E-state index in [4.69, 9.17) is 0 Å². The average molecular weight is 435 g/mol. The normalized spacial score (nSPS) is 10.5. The van der Waals surface area contributed by atoms with Crippen molar-refractivity contribution >= 4 is 15.8 Å². The van der Waals surface area contributed by atoms with Crippen LogP contribution in [-0.2, 0) is 16.5 Å². The summed E-state index contributed by atoms with van der Waals surface area (Å²) in [6.07, 6.45) is 1.14. The predicted octanol–water partition coefficient (Wildman–Crippen LogP) is -0.797. The topological polar surface area (TPSA) is 100 Å². The molecule has 2 aromatic rings. The van der Waals surface area contributed by atoms with Gasteiger partial charge in [-0.15, -0.1) is 0 Å². The highest BCUT2D eigenvalue weighted by molar-refractivity contribution is 7.85. The number of nitro benzene ring substituents is 1. The molecule has 6 nitrogen and oxygen atoms in total. The van der Waals surface area contributed by atoms with E-state index in [9.17, 15) is 23.1 Å². The lowest BCUT2D eigenvalue weighted by Gasteiger charge is -2.04. The van der Waals surface area contributed by atoms with Crippen molar-refractivity contribution in [3.8, 4) is 0 Å². The van der Waals surface area contributed by atoms with Gasteiger partial charge in [-0.3, -0.25) is 10.1 Å². The molecule has 0 amide bonds. The zero-order valence-electron chi connectivity index (χ0n) is 11.6. The number of nitrogens with zero attached hydrogens (tertiary/aromatic N) is 1. The van der Waals surface area contributed by atoms with Crippen LogP contribution in [0.15, 0.2) is 53.4 Å². The van der Waals surface area contributed by atoms with Gasteiger partial charge < -0.3 is 4.55 Å². The van der Waals surface area contributed by atoms with Gasteiger partial charge in [0.05, 0.1) is 9.82 Å². The lowest BCUT2D eigenvalue weighted by atomic mass is 10.2. The Kier molecular flexibility index (Phi) is 6.91. The van der Waals surface area contributed by atoms with Crippen LogP contribution in [0.4, 0.5) is 5.69 Å². The van der Waals surface area contributed by atoms with Crippen molar-refractivity contribution in [2.45, 2.75) is 18.2 Å². The predicted molar refractivity (Wildman–Crippen MR) is 77.0 cm³/mol. The Hall–Kier alpha value is -1.52. The van der Waals surface area contributed by atoms with Gasteiger partial charge in [0.2, 0.25) is 0 Å². The number of aryl methyl sites for hydroxylation is 1. The minimum Gasteiger partial charge on any atom is -0.744 e. The van der Waals surface area contributed by atoms with E-state index in [0.29, 0.717) is 0 Å². The van der Waals surface area contributed by atoms with E-state index in [1.807, 2.05) is 22.6 Å². The van der Waals surface area contributed by atoms with Crippen LogP contribution in [-0.4, -0.2) is 17.9 Å². The highest BCUT2D eigenvalue weighted by Crippen LogP contribution is 2.14. The second-order valence-corrected chi connectivity index (χ2v) is 6.93. The molecule has 0 saturated carbocycles. The second kappa shape index (κ2) is 8.20. The molecule has 0 radical (unpaired) electrons. The van der Waals surface area contributed by atoms with Gasteiger partial charge in [0.25, 0.3) is 28.3 Å². The molecular formula is C14H14INO5S. The zero-order valence-corrected chi connectivity index (χ0v) is 14.8. The van der Waals surface area contributed by atoms with E-state index in [0.717, 1.165) is 30.7 Å². The average Bonchev–Trinajstić information content (AvgIpc) is 2.48. The molecule has 0 N–H and O–H groups in total. The summed E-state index contributed by atoms with van der Waals surface area (Å²) in [5, 5.41) is 10.1. The molecule has 0 aliphatic heterocycles. The summed E-state index contributed by atoms with van der Waals surface area (Å²) in [5.74, 6) is 0. The van der Waals surface area contributed by atoms with Crippen molar-refractivity contribution in [3.63, 3.8) is 0 Å². The Balaban J connectivity index is 0.000000235. The van der Waals surface area contributed by atoms with Crippen LogP contribution in [0.5, 0.6) is 0 Å². The Morgan fingerprint density at radius 3 is 1.91 bits per heavy atom. The van der Waals surface area contributed by atoms with E-state index in [1.165, 1.54) is 9.13 Å². The summed E-state index contributed by atoms with van der Waals surface area (Å²) in [5.41, 5.74) is 1.16. The standard InChI is InChI=1S/C8H10I.C6H5NO5S/c1-2-7-3-5-8(9)6-4-7;8-7(9)5-1-3-6(4-2-5)13(10,11)12/h3-6,9H,2H2,1H3;1-4H,(H,10,11,12)/q+1;/p-1. The lowest BCUT2D eigenvalue weighted by molar-refractivity contribution is -0.384. The minimum absolute atomic E-state index is 0.257. The molecule has 118 valence electrons. The van der Waals surface area contributed by atoms with Crippen LogP contribution >= 0.6 is 0 Å². The summed E-state index contributed by atoms with van der Waals surface area (Å²) < 4.78 is 32.5. The van der Waals surface area contributed by atoms with E-state index < -0.39 is 19.9 Å². The molecule has 2 rings (SSSR count). The maximum Gasteiger partial charge on any atom is 0.296 e. The lowest BCUT2D eigenvalue weighted by Crippen LogP contribution is -3.34. The number of halogens is 1. The quantitative estimate of drug-likeness (QED) is 0.272. The van der Waals surface area contributed by atoms with Gasteiger partial charge in [-0.05, 0) is 36.2 Å². The fraction of sp³-hybridized carbons (Fsp3) is 0.143. The van der Waals surface area contributed by atoms with E-state index in [1.54, 1.807) is 0 Å². The first-order valence-electron chi connectivity index (χ1n) is 6.20. The number of hydrogen-bond donors (Lipinski definition) is 0. The van der Waals surface area contributed by atoms with E-state index in [-0.39, 0.29) is 5.69 Å². The molecule has 0 heterocycles. The highest BCUT2D eigenvalue weighted by Gasteiger charge is 2.06. The van der Waals surface area contributed by atoms with Gasteiger partial charge in [-0.1, -0.05) is 19.1 Å². The SMILES string of the molecule is CCc1ccc([IH+])cc1.O=[N+]([O-])c1ccc(S(=O)(=O)[O-])cc1. The largest absolute Gasteiger partial charge is 0.744 e. The number of benzene rings is 2. The first-order chi connectivity index (χ1) is 10.2. The van der Waals surface area contributed by atoms with Crippen molar-refractivity contribution in [2.75, 3.05) is 0 Å². The third-order valence-electron chi connectivity index (χ3n) is 2.67. The fourth-order valence-corrected chi connectivity index (χ4v) is 2.32.